The second-order valence-electron chi connectivity index (χ2n) is 8.58. The molecule has 6 nitrogen and oxygen atoms in total. The number of amides is 1. The van der Waals surface area contributed by atoms with Crippen molar-refractivity contribution in [3.63, 3.8) is 0 Å². The number of aliphatic hydroxyl groups excluding tert-OH is 1. The molecule has 1 aliphatic rings. The summed E-state index contributed by atoms with van der Waals surface area (Å²) in [5.41, 5.74) is 3.51. The highest BCUT2D eigenvalue weighted by molar-refractivity contribution is 6.51. The minimum atomic E-state index is -0.868. The van der Waals surface area contributed by atoms with Crippen LogP contribution in [0.25, 0.3) is 5.76 Å². The van der Waals surface area contributed by atoms with Crippen LogP contribution in [0.4, 0.5) is 5.69 Å². The second-order valence-corrected chi connectivity index (χ2v) is 8.58. The third kappa shape index (κ3) is 4.52. The van der Waals surface area contributed by atoms with Gasteiger partial charge in [0.1, 0.15) is 17.3 Å². The van der Waals surface area contributed by atoms with Gasteiger partial charge >= 0.3 is 0 Å². The number of benzene rings is 3. The smallest absolute Gasteiger partial charge is 0.300 e. The molecule has 0 aliphatic carbocycles. The van der Waals surface area contributed by atoms with Gasteiger partial charge in [-0.25, -0.2) is 0 Å². The van der Waals surface area contributed by atoms with Gasteiger partial charge in [-0.3, -0.25) is 14.5 Å². The summed E-state index contributed by atoms with van der Waals surface area (Å²) in [7, 11) is 1.54. The molecule has 4 rings (SSSR count). The summed E-state index contributed by atoms with van der Waals surface area (Å²) in [6, 6.07) is 18.9. The van der Waals surface area contributed by atoms with E-state index >= 15 is 0 Å². The molecule has 0 bridgehead atoms. The highest BCUT2D eigenvalue weighted by atomic mass is 16.5. The SMILES string of the molecule is CCCOc1cccc(/C(O)=C2\C(=O)C(=O)N(c3ccc(C)cc3C)C2c2ccccc2OC)c1. The lowest BCUT2D eigenvalue weighted by Crippen LogP contribution is -2.30. The first-order chi connectivity index (χ1) is 16.9. The molecule has 1 atom stereocenters. The van der Waals surface area contributed by atoms with Crippen LogP contribution in [-0.2, 0) is 9.59 Å². The minimum absolute atomic E-state index is 0.00659. The number of para-hydroxylation sites is 1. The van der Waals surface area contributed by atoms with Crippen LogP contribution < -0.4 is 14.4 Å². The van der Waals surface area contributed by atoms with E-state index in [0.717, 1.165) is 17.5 Å². The summed E-state index contributed by atoms with van der Waals surface area (Å²) in [6.07, 6.45) is 0.838. The molecule has 1 heterocycles. The number of hydrogen-bond acceptors (Lipinski definition) is 5. The Bertz CT molecular complexity index is 1310. The van der Waals surface area contributed by atoms with E-state index in [1.165, 1.54) is 12.0 Å². The van der Waals surface area contributed by atoms with E-state index in [0.29, 0.717) is 34.9 Å². The van der Waals surface area contributed by atoms with E-state index in [-0.39, 0.29) is 11.3 Å². The molecule has 3 aromatic carbocycles. The fourth-order valence-electron chi connectivity index (χ4n) is 4.45. The Labute approximate surface area is 205 Å². The van der Waals surface area contributed by atoms with E-state index in [1.807, 2.05) is 51.1 Å². The number of nitrogens with zero attached hydrogens (tertiary/aromatic N) is 1. The highest BCUT2D eigenvalue weighted by Gasteiger charge is 2.48. The van der Waals surface area contributed by atoms with E-state index in [4.69, 9.17) is 9.47 Å². The summed E-state index contributed by atoms with van der Waals surface area (Å²) in [5, 5.41) is 11.4. The Hall–Kier alpha value is -4.06. The van der Waals surface area contributed by atoms with E-state index in [2.05, 4.69) is 0 Å². The van der Waals surface area contributed by atoms with Gasteiger partial charge in [-0.05, 0) is 50.1 Å². The van der Waals surface area contributed by atoms with Crippen molar-refractivity contribution in [2.24, 2.45) is 0 Å². The number of ether oxygens (including phenoxy) is 2. The van der Waals surface area contributed by atoms with Crippen LogP contribution in [0.2, 0.25) is 0 Å². The molecule has 1 amide bonds. The predicted octanol–water partition coefficient (Wildman–Crippen LogP) is 5.73. The summed E-state index contributed by atoms with van der Waals surface area (Å²) in [4.78, 5) is 28.3. The number of carbonyl (C=O) groups is 2. The molecular formula is C29H29NO5. The molecule has 180 valence electrons. The van der Waals surface area contributed by atoms with Crippen molar-refractivity contribution < 1.29 is 24.2 Å². The predicted molar refractivity (Wildman–Crippen MR) is 136 cm³/mol. The summed E-state index contributed by atoms with van der Waals surface area (Å²) < 4.78 is 11.3. The molecule has 6 heteroatoms. The number of hydrogen-bond donors (Lipinski definition) is 1. The largest absolute Gasteiger partial charge is 0.507 e. The molecule has 0 aromatic heterocycles. The van der Waals surface area contributed by atoms with Crippen molar-refractivity contribution in [1.82, 2.24) is 0 Å². The van der Waals surface area contributed by atoms with Crippen molar-refractivity contribution >= 4 is 23.1 Å². The maximum Gasteiger partial charge on any atom is 0.300 e. The lowest BCUT2D eigenvalue weighted by atomic mass is 9.94. The number of carbonyl (C=O) groups excluding carboxylic acids is 2. The average Bonchev–Trinajstić information content (AvgIpc) is 3.12. The zero-order valence-corrected chi connectivity index (χ0v) is 20.4. The van der Waals surface area contributed by atoms with E-state index < -0.39 is 17.7 Å². The fourth-order valence-corrected chi connectivity index (χ4v) is 4.45. The van der Waals surface area contributed by atoms with Gasteiger partial charge in [-0.2, -0.15) is 0 Å². The molecule has 3 aromatic rings. The Balaban J connectivity index is 1.95. The topological polar surface area (TPSA) is 76.1 Å². The average molecular weight is 472 g/mol. The van der Waals surface area contributed by atoms with Gasteiger partial charge in [0.05, 0.1) is 25.3 Å². The lowest BCUT2D eigenvalue weighted by molar-refractivity contribution is -0.132. The van der Waals surface area contributed by atoms with Gasteiger partial charge in [0.25, 0.3) is 11.7 Å². The number of aliphatic hydroxyl groups is 1. The van der Waals surface area contributed by atoms with E-state index in [1.54, 1.807) is 36.4 Å². The van der Waals surface area contributed by atoms with Crippen molar-refractivity contribution in [2.45, 2.75) is 33.2 Å². The standard InChI is InChI=1S/C29H29NO5/c1-5-15-35-21-10-8-9-20(17-21)27(31)25-26(22-11-6-7-12-24(22)34-4)30(29(33)28(25)32)23-14-13-18(2)16-19(23)3/h6-14,16-17,26,31H,5,15H2,1-4H3/b27-25+. The number of anilines is 1. The Morgan fingerprint density at radius 2 is 1.77 bits per heavy atom. The van der Waals surface area contributed by atoms with Gasteiger partial charge < -0.3 is 14.6 Å². The van der Waals surface area contributed by atoms with Crippen molar-refractivity contribution in [2.75, 3.05) is 18.6 Å². The van der Waals surface area contributed by atoms with Gasteiger partial charge in [0, 0.05) is 16.8 Å². The van der Waals surface area contributed by atoms with Crippen molar-refractivity contribution in [3.05, 3.63) is 94.6 Å². The molecule has 35 heavy (non-hydrogen) atoms. The first kappa shape index (κ1) is 24.1. The van der Waals surface area contributed by atoms with E-state index in [9.17, 15) is 14.7 Å². The minimum Gasteiger partial charge on any atom is -0.507 e. The van der Waals surface area contributed by atoms with Crippen LogP contribution >= 0.6 is 0 Å². The second kappa shape index (κ2) is 10.1. The normalized spacial score (nSPS) is 17.0. The quantitative estimate of drug-likeness (QED) is 0.271. The van der Waals surface area contributed by atoms with Crippen LogP contribution in [0, 0.1) is 13.8 Å². The van der Waals surface area contributed by atoms with Gasteiger partial charge in [0.15, 0.2) is 0 Å². The third-order valence-electron chi connectivity index (χ3n) is 6.07. The maximum absolute atomic E-state index is 13.4. The Kier molecular flexibility index (Phi) is 6.92. The lowest BCUT2D eigenvalue weighted by Gasteiger charge is -2.28. The Morgan fingerprint density at radius 3 is 2.49 bits per heavy atom. The molecule has 0 saturated carbocycles. The maximum atomic E-state index is 13.4. The molecule has 1 saturated heterocycles. The molecule has 0 spiro atoms. The number of aryl methyl sites for hydroxylation is 2. The number of Topliss-reactive ketones (excluding diaryl/α,β-unsaturated/α-hetero) is 1. The van der Waals surface area contributed by atoms with Crippen LogP contribution in [0.5, 0.6) is 11.5 Å². The van der Waals surface area contributed by atoms with Crippen LogP contribution in [0.15, 0.2) is 72.3 Å². The van der Waals surface area contributed by atoms with Crippen LogP contribution in [-0.4, -0.2) is 30.5 Å². The molecule has 1 fully saturated rings. The summed E-state index contributed by atoms with van der Waals surface area (Å²) in [5.74, 6) is -0.618. The molecular weight excluding hydrogens is 442 g/mol. The van der Waals surface area contributed by atoms with Crippen LogP contribution in [0.1, 0.15) is 41.6 Å². The number of ketones is 1. The third-order valence-corrected chi connectivity index (χ3v) is 6.07. The summed E-state index contributed by atoms with van der Waals surface area (Å²) >= 11 is 0. The van der Waals surface area contributed by atoms with Gasteiger partial charge in [-0.15, -0.1) is 0 Å². The van der Waals surface area contributed by atoms with Crippen molar-refractivity contribution in [3.8, 4) is 11.5 Å². The highest BCUT2D eigenvalue weighted by Crippen LogP contribution is 2.45. The van der Waals surface area contributed by atoms with Gasteiger partial charge in [0.2, 0.25) is 0 Å². The monoisotopic (exact) mass is 471 g/mol. The molecule has 0 radical (unpaired) electrons. The van der Waals surface area contributed by atoms with Crippen molar-refractivity contribution in [1.29, 1.82) is 0 Å². The number of rotatable bonds is 7. The zero-order chi connectivity index (χ0) is 25.1. The summed E-state index contributed by atoms with van der Waals surface area (Å²) in [6.45, 7) is 6.40. The van der Waals surface area contributed by atoms with Crippen LogP contribution in [0.3, 0.4) is 0 Å². The zero-order valence-electron chi connectivity index (χ0n) is 20.4. The first-order valence-corrected chi connectivity index (χ1v) is 11.6. The number of methoxy groups -OCH3 is 1. The molecule has 1 N–H and O–H groups in total. The van der Waals surface area contributed by atoms with Gasteiger partial charge in [-0.1, -0.05) is 55.0 Å². The fraction of sp³-hybridized carbons (Fsp3) is 0.241. The molecule has 1 unspecified atom stereocenters. The molecule has 1 aliphatic heterocycles. The first-order valence-electron chi connectivity index (χ1n) is 11.6. The Morgan fingerprint density at radius 1 is 1.00 bits per heavy atom.